The van der Waals surface area contributed by atoms with Crippen molar-refractivity contribution in [3.8, 4) is 0 Å². The van der Waals surface area contributed by atoms with E-state index in [1.165, 1.54) is 0 Å². The molecule has 2 N–H and O–H groups in total. The van der Waals surface area contributed by atoms with Crippen LogP contribution in [0, 0.1) is 13.8 Å². The molecule has 1 amide bonds. The van der Waals surface area contributed by atoms with Gasteiger partial charge < -0.3 is 9.32 Å². The summed E-state index contributed by atoms with van der Waals surface area (Å²) in [4.78, 5) is 14.4. The first-order valence-corrected chi connectivity index (χ1v) is 8.20. The predicted octanol–water partition coefficient (Wildman–Crippen LogP) is 3.03. The molecule has 1 aromatic carbocycles. The molecule has 0 saturated carbocycles. The van der Waals surface area contributed by atoms with E-state index in [2.05, 4.69) is 17.8 Å². The van der Waals surface area contributed by atoms with E-state index < -0.39 is 0 Å². The molecule has 3 rings (SSSR count). The minimum absolute atomic E-state index is 0.117. The number of benzene rings is 1. The first-order valence-electron chi connectivity index (χ1n) is 7.82. The van der Waals surface area contributed by atoms with Crippen LogP contribution in [-0.4, -0.2) is 36.5 Å². The Labute approximate surface area is 140 Å². The maximum atomic E-state index is 12.7. The van der Waals surface area contributed by atoms with E-state index in [-0.39, 0.29) is 11.9 Å². The summed E-state index contributed by atoms with van der Waals surface area (Å²) in [5.41, 5.74) is 8.85. The molecule has 124 valence electrons. The van der Waals surface area contributed by atoms with E-state index in [1.807, 2.05) is 26.0 Å². The average Bonchev–Trinajstić information content (AvgIpc) is 3.03. The second-order valence-corrected chi connectivity index (χ2v) is 6.89. The summed E-state index contributed by atoms with van der Waals surface area (Å²) in [6.45, 7) is 6.62. The first-order chi connectivity index (χ1) is 10.9. The van der Waals surface area contributed by atoms with Gasteiger partial charge in [0.2, 0.25) is 0 Å². The fourth-order valence-corrected chi connectivity index (χ4v) is 3.44. The van der Waals surface area contributed by atoms with Crippen molar-refractivity contribution in [2.24, 2.45) is 0 Å². The number of hydrogen-bond acceptors (Lipinski definition) is 4. The van der Waals surface area contributed by atoms with E-state index in [4.69, 9.17) is 16.0 Å². The Hall–Kier alpha value is -1.56. The molecule has 6 heteroatoms. The van der Waals surface area contributed by atoms with Crippen molar-refractivity contribution in [3.05, 3.63) is 34.0 Å². The number of hydrazine groups is 1. The average molecular weight is 336 g/mol. The number of fused-ring (bicyclic) bond motifs is 1. The largest absolute Gasteiger partial charge is 0.449 e. The topological polar surface area (TPSA) is 57.5 Å². The van der Waals surface area contributed by atoms with Gasteiger partial charge in [-0.1, -0.05) is 11.6 Å². The second-order valence-electron chi connectivity index (χ2n) is 6.49. The van der Waals surface area contributed by atoms with Crippen LogP contribution in [0.25, 0.3) is 11.0 Å². The first kappa shape index (κ1) is 16.3. The highest BCUT2D eigenvalue weighted by atomic mass is 35.5. The van der Waals surface area contributed by atoms with E-state index in [0.717, 1.165) is 22.9 Å². The van der Waals surface area contributed by atoms with Gasteiger partial charge in [-0.15, -0.1) is 0 Å². The molecule has 0 aliphatic carbocycles. The van der Waals surface area contributed by atoms with Crippen LogP contribution in [0.2, 0.25) is 5.02 Å². The van der Waals surface area contributed by atoms with Crippen molar-refractivity contribution in [2.45, 2.75) is 39.3 Å². The number of halogens is 1. The van der Waals surface area contributed by atoms with Crippen LogP contribution < -0.4 is 10.9 Å². The minimum atomic E-state index is -0.117. The van der Waals surface area contributed by atoms with Crippen LogP contribution in [0.3, 0.4) is 0 Å². The predicted molar refractivity (Wildman–Crippen MR) is 91.8 cm³/mol. The molecule has 0 radical (unpaired) electrons. The summed E-state index contributed by atoms with van der Waals surface area (Å²) < 4.78 is 5.79. The van der Waals surface area contributed by atoms with Crippen LogP contribution >= 0.6 is 11.6 Å². The number of furan rings is 1. The van der Waals surface area contributed by atoms with Gasteiger partial charge in [-0.05, 0) is 44.9 Å². The molecule has 2 atom stereocenters. The molecule has 1 aliphatic heterocycles. The lowest BCUT2D eigenvalue weighted by Gasteiger charge is -2.20. The lowest BCUT2D eigenvalue weighted by atomic mass is 10.1. The van der Waals surface area contributed by atoms with Crippen molar-refractivity contribution < 1.29 is 9.21 Å². The van der Waals surface area contributed by atoms with Crippen molar-refractivity contribution in [1.82, 2.24) is 15.8 Å². The van der Waals surface area contributed by atoms with Crippen molar-refractivity contribution in [2.75, 3.05) is 13.6 Å². The quantitative estimate of drug-likeness (QED) is 0.905. The molecule has 1 saturated heterocycles. The Bertz CT molecular complexity index is 756. The van der Waals surface area contributed by atoms with Gasteiger partial charge in [0, 0.05) is 36.6 Å². The molecular formula is C17H22ClN3O2. The summed E-state index contributed by atoms with van der Waals surface area (Å²) in [6.07, 6.45) is 0.988. The van der Waals surface area contributed by atoms with E-state index in [0.29, 0.717) is 29.0 Å². The number of hydrogen-bond donors (Lipinski definition) is 2. The zero-order valence-electron chi connectivity index (χ0n) is 13.9. The Morgan fingerprint density at radius 3 is 2.78 bits per heavy atom. The van der Waals surface area contributed by atoms with E-state index >= 15 is 0 Å². The minimum Gasteiger partial charge on any atom is -0.449 e. The fourth-order valence-electron chi connectivity index (χ4n) is 3.13. The van der Waals surface area contributed by atoms with Crippen molar-refractivity contribution in [3.63, 3.8) is 0 Å². The molecule has 2 heterocycles. The number of likely N-dealkylation sites (N-methyl/N-ethyl adjacent to an activating group) is 1. The number of nitrogens with one attached hydrogen (secondary N) is 2. The molecule has 1 aliphatic rings. The van der Waals surface area contributed by atoms with Crippen LogP contribution in [0.15, 0.2) is 16.5 Å². The standard InChI is InChI=1S/C17H22ClN3O2/c1-9-5-13-11(3)15(23-16(13)14(18)6-9)17(22)21(4)8-12-7-10(2)19-20-12/h5-6,10,12,19-20H,7-8H2,1-4H3. The second kappa shape index (κ2) is 6.15. The highest BCUT2D eigenvalue weighted by Crippen LogP contribution is 2.32. The Morgan fingerprint density at radius 1 is 1.39 bits per heavy atom. The van der Waals surface area contributed by atoms with Gasteiger partial charge in [0.05, 0.1) is 5.02 Å². The molecule has 1 aromatic heterocycles. The molecule has 2 unspecified atom stereocenters. The van der Waals surface area contributed by atoms with Crippen molar-refractivity contribution >= 4 is 28.5 Å². The highest BCUT2D eigenvalue weighted by molar-refractivity contribution is 6.35. The summed E-state index contributed by atoms with van der Waals surface area (Å²) in [5, 5.41) is 1.45. The van der Waals surface area contributed by atoms with Gasteiger partial charge in [0.25, 0.3) is 5.91 Å². The molecule has 5 nitrogen and oxygen atoms in total. The van der Waals surface area contributed by atoms with Gasteiger partial charge in [-0.3, -0.25) is 15.6 Å². The number of carbonyl (C=O) groups is 1. The summed E-state index contributed by atoms with van der Waals surface area (Å²) >= 11 is 6.25. The lowest BCUT2D eigenvalue weighted by molar-refractivity contribution is 0.0752. The molecule has 2 aromatic rings. The number of carbonyl (C=O) groups excluding carboxylic acids is 1. The van der Waals surface area contributed by atoms with Crippen LogP contribution in [0.5, 0.6) is 0 Å². The van der Waals surface area contributed by atoms with Gasteiger partial charge in [-0.2, -0.15) is 0 Å². The Kier molecular flexibility index (Phi) is 4.36. The summed E-state index contributed by atoms with van der Waals surface area (Å²) in [6, 6.07) is 4.51. The zero-order valence-corrected chi connectivity index (χ0v) is 14.6. The third kappa shape index (κ3) is 3.09. The van der Waals surface area contributed by atoms with Gasteiger partial charge >= 0.3 is 0 Å². The Morgan fingerprint density at radius 2 is 2.13 bits per heavy atom. The Balaban J connectivity index is 1.86. The summed E-state index contributed by atoms with van der Waals surface area (Å²) in [7, 11) is 1.80. The number of aryl methyl sites for hydroxylation is 2. The maximum Gasteiger partial charge on any atom is 0.289 e. The third-order valence-electron chi connectivity index (χ3n) is 4.34. The molecule has 0 spiro atoms. The third-order valence-corrected chi connectivity index (χ3v) is 4.62. The lowest BCUT2D eigenvalue weighted by Crippen LogP contribution is -2.41. The maximum absolute atomic E-state index is 12.7. The highest BCUT2D eigenvalue weighted by Gasteiger charge is 2.26. The molecule has 0 bridgehead atoms. The van der Waals surface area contributed by atoms with Crippen LogP contribution in [0.4, 0.5) is 0 Å². The number of amides is 1. The molecule has 1 fully saturated rings. The molecular weight excluding hydrogens is 314 g/mol. The summed E-state index contributed by atoms with van der Waals surface area (Å²) in [5.74, 6) is 0.253. The smallest absolute Gasteiger partial charge is 0.289 e. The number of nitrogens with zero attached hydrogens (tertiary/aromatic N) is 1. The van der Waals surface area contributed by atoms with E-state index in [1.54, 1.807) is 11.9 Å². The van der Waals surface area contributed by atoms with Crippen molar-refractivity contribution in [1.29, 1.82) is 0 Å². The monoisotopic (exact) mass is 335 g/mol. The fraction of sp³-hybridized carbons (Fsp3) is 0.471. The SMILES string of the molecule is Cc1cc(Cl)c2oc(C(=O)N(C)CC3CC(C)NN3)c(C)c2c1. The normalized spacial score (nSPS) is 21.1. The van der Waals surface area contributed by atoms with Gasteiger partial charge in [0.1, 0.15) is 0 Å². The van der Waals surface area contributed by atoms with Gasteiger partial charge in [-0.25, -0.2) is 0 Å². The van der Waals surface area contributed by atoms with Crippen LogP contribution in [-0.2, 0) is 0 Å². The zero-order chi connectivity index (χ0) is 16.7. The van der Waals surface area contributed by atoms with Gasteiger partial charge in [0.15, 0.2) is 11.3 Å². The molecule has 23 heavy (non-hydrogen) atoms. The number of rotatable bonds is 3. The van der Waals surface area contributed by atoms with E-state index in [9.17, 15) is 4.79 Å². The van der Waals surface area contributed by atoms with Crippen LogP contribution in [0.1, 0.15) is 35.0 Å².